The molecule has 1 aliphatic rings. The van der Waals surface area contributed by atoms with E-state index in [0.29, 0.717) is 17.5 Å². The Morgan fingerprint density at radius 2 is 2.00 bits per heavy atom. The molecule has 0 aromatic carbocycles. The summed E-state index contributed by atoms with van der Waals surface area (Å²) in [5.41, 5.74) is 6.36. The number of hydrogen-bond acceptors (Lipinski definition) is 2. The summed E-state index contributed by atoms with van der Waals surface area (Å²) in [7, 11) is 0. The molecule has 78 valence electrons. The lowest BCUT2D eigenvalue weighted by Crippen LogP contribution is -2.45. The Balaban J connectivity index is 2.32. The molecule has 2 heteroatoms. The van der Waals surface area contributed by atoms with Crippen LogP contribution in [0.15, 0.2) is 0 Å². The van der Waals surface area contributed by atoms with E-state index in [1.54, 1.807) is 0 Å². The minimum absolute atomic E-state index is 0.253. The van der Waals surface area contributed by atoms with Crippen LogP contribution >= 0.6 is 0 Å². The first kappa shape index (κ1) is 11.0. The van der Waals surface area contributed by atoms with E-state index in [2.05, 4.69) is 33.0 Å². The van der Waals surface area contributed by atoms with Crippen molar-refractivity contribution in [3.05, 3.63) is 0 Å². The monoisotopic (exact) mass is 184 g/mol. The molecule has 2 nitrogen and oxygen atoms in total. The van der Waals surface area contributed by atoms with E-state index in [1.165, 1.54) is 19.3 Å². The third kappa shape index (κ3) is 3.28. The van der Waals surface area contributed by atoms with Crippen molar-refractivity contribution in [2.75, 3.05) is 0 Å². The largest absolute Gasteiger partial charge is 0.327 e. The summed E-state index contributed by atoms with van der Waals surface area (Å²) in [6.07, 6.45) is 3.95. The van der Waals surface area contributed by atoms with Crippen LogP contribution in [-0.4, -0.2) is 18.1 Å². The second-order valence-electron chi connectivity index (χ2n) is 5.42. The Bertz CT molecular complexity index is 163. The van der Waals surface area contributed by atoms with Gasteiger partial charge in [-0.1, -0.05) is 13.8 Å². The van der Waals surface area contributed by atoms with Crippen molar-refractivity contribution in [1.82, 2.24) is 5.32 Å². The van der Waals surface area contributed by atoms with E-state index in [0.717, 1.165) is 0 Å². The van der Waals surface area contributed by atoms with Gasteiger partial charge in [0.25, 0.3) is 0 Å². The summed E-state index contributed by atoms with van der Waals surface area (Å²) in [6.45, 7) is 8.95. The average Bonchev–Trinajstić information content (AvgIpc) is 2.30. The fourth-order valence-electron chi connectivity index (χ4n) is 2.10. The van der Waals surface area contributed by atoms with Crippen molar-refractivity contribution in [3.8, 4) is 0 Å². The first-order chi connectivity index (χ1) is 5.91. The van der Waals surface area contributed by atoms with Crippen LogP contribution in [0.4, 0.5) is 0 Å². The average molecular weight is 184 g/mol. The van der Waals surface area contributed by atoms with Gasteiger partial charge in [-0.25, -0.2) is 0 Å². The molecule has 1 saturated carbocycles. The SMILES string of the molecule is CC(N)C(C)NC1CCC(C)(C)C1. The molecule has 3 unspecified atom stereocenters. The summed E-state index contributed by atoms with van der Waals surface area (Å²) >= 11 is 0. The van der Waals surface area contributed by atoms with Gasteiger partial charge in [0.2, 0.25) is 0 Å². The van der Waals surface area contributed by atoms with Gasteiger partial charge in [-0.3, -0.25) is 0 Å². The van der Waals surface area contributed by atoms with Gasteiger partial charge in [-0.2, -0.15) is 0 Å². The number of hydrogen-bond donors (Lipinski definition) is 2. The van der Waals surface area contributed by atoms with Crippen LogP contribution in [0.25, 0.3) is 0 Å². The molecule has 0 aliphatic heterocycles. The molecule has 0 aromatic rings. The minimum Gasteiger partial charge on any atom is -0.327 e. The standard InChI is InChI=1S/C11H24N2/c1-8(12)9(2)13-10-5-6-11(3,4)7-10/h8-10,13H,5-7,12H2,1-4H3. The Morgan fingerprint density at radius 3 is 2.38 bits per heavy atom. The van der Waals surface area contributed by atoms with Crippen molar-refractivity contribution < 1.29 is 0 Å². The quantitative estimate of drug-likeness (QED) is 0.703. The molecule has 0 saturated heterocycles. The molecule has 0 spiro atoms. The Kier molecular flexibility index (Phi) is 3.36. The lowest BCUT2D eigenvalue weighted by molar-refractivity contribution is 0.346. The normalized spacial score (nSPS) is 31.6. The summed E-state index contributed by atoms with van der Waals surface area (Å²) in [5.74, 6) is 0. The maximum Gasteiger partial charge on any atom is 0.0190 e. The number of nitrogens with one attached hydrogen (secondary N) is 1. The lowest BCUT2D eigenvalue weighted by Gasteiger charge is -2.23. The molecule has 13 heavy (non-hydrogen) atoms. The molecule has 0 radical (unpaired) electrons. The lowest BCUT2D eigenvalue weighted by atomic mass is 9.91. The summed E-state index contributed by atoms with van der Waals surface area (Å²) in [4.78, 5) is 0. The van der Waals surface area contributed by atoms with Gasteiger partial charge in [-0.15, -0.1) is 0 Å². The van der Waals surface area contributed by atoms with Gasteiger partial charge in [0.15, 0.2) is 0 Å². The Labute approximate surface area is 82.3 Å². The molecule has 3 N–H and O–H groups in total. The van der Waals surface area contributed by atoms with E-state index in [4.69, 9.17) is 5.73 Å². The number of rotatable bonds is 3. The first-order valence-electron chi connectivity index (χ1n) is 5.42. The van der Waals surface area contributed by atoms with Gasteiger partial charge in [-0.05, 0) is 38.5 Å². The maximum absolute atomic E-state index is 5.82. The molecule has 0 amide bonds. The van der Waals surface area contributed by atoms with E-state index >= 15 is 0 Å². The van der Waals surface area contributed by atoms with Crippen LogP contribution in [0, 0.1) is 5.41 Å². The molecule has 0 aromatic heterocycles. The third-order valence-corrected chi connectivity index (χ3v) is 3.26. The summed E-state index contributed by atoms with van der Waals surface area (Å²) in [5, 5.41) is 3.61. The molecule has 0 bridgehead atoms. The topological polar surface area (TPSA) is 38.0 Å². The minimum atomic E-state index is 0.253. The van der Waals surface area contributed by atoms with Crippen LogP contribution in [0.5, 0.6) is 0 Å². The highest BCUT2D eigenvalue weighted by molar-refractivity contribution is 4.88. The van der Waals surface area contributed by atoms with E-state index in [-0.39, 0.29) is 6.04 Å². The highest BCUT2D eigenvalue weighted by Gasteiger charge is 2.31. The van der Waals surface area contributed by atoms with Gasteiger partial charge >= 0.3 is 0 Å². The van der Waals surface area contributed by atoms with Crippen LogP contribution in [-0.2, 0) is 0 Å². The zero-order valence-corrected chi connectivity index (χ0v) is 9.43. The van der Waals surface area contributed by atoms with E-state index in [1.807, 2.05) is 0 Å². The molecule has 1 fully saturated rings. The third-order valence-electron chi connectivity index (χ3n) is 3.26. The van der Waals surface area contributed by atoms with Crippen molar-refractivity contribution in [3.63, 3.8) is 0 Å². The predicted octanol–water partition coefficient (Wildman–Crippen LogP) is 1.89. The van der Waals surface area contributed by atoms with Gasteiger partial charge < -0.3 is 11.1 Å². The fraction of sp³-hybridized carbons (Fsp3) is 1.00. The molecular formula is C11H24N2. The van der Waals surface area contributed by atoms with Gasteiger partial charge in [0.1, 0.15) is 0 Å². The second-order valence-corrected chi connectivity index (χ2v) is 5.42. The van der Waals surface area contributed by atoms with Crippen molar-refractivity contribution >= 4 is 0 Å². The van der Waals surface area contributed by atoms with Crippen LogP contribution in [0.1, 0.15) is 47.0 Å². The molecular weight excluding hydrogens is 160 g/mol. The van der Waals surface area contributed by atoms with Gasteiger partial charge in [0.05, 0.1) is 0 Å². The van der Waals surface area contributed by atoms with Crippen LogP contribution in [0.3, 0.4) is 0 Å². The van der Waals surface area contributed by atoms with Gasteiger partial charge in [0, 0.05) is 18.1 Å². The summed E-state index contributed by atoms with van der Waals surface area (Å²) < 4.78 is 0. The molecule has 3 atom stereocenters. The Hall–Kier alpha value is -0.0800. The second kappa shape index (κ2) is 3.97. The smallest absolute Gasteiger partial charge is 0.0190 e. The van der Waals surface area contributed by atoms with Crippen LogP contribution < -0.4 is 11.1 Å². The van der Waals surface area contributed by atoms with Crippen molar-refractivity contribution in [1.29, 1.82) is 0 Å². The molecule has 1 aliphatic carbocycles. The number of nitrogens with two attached hydrogens (primary N) is 1. The maximum atomic E-state index is 5.82. The van der Waals surface area contributed by atoms with Crippen molar-refractivity contribution in [2.24, 2.45) is 11.1 Å². The first-order valence-corrected chi connectivity index (χ1v) is 5.42. The Morgan fingerprint density at radius 1 is 1.38 bits per heavy atom. The highest BCUT2D eigenvalue weighted by atomic mass is 15.0. The van der Waals surface area contributed by atoms with Crippen molar-refractivity contribution in [2.45, 2.75) is 65.1 Å². The fourth-order valence-corrected chi connectivity index (χ4v) is 2.10. The zero-order valence-electron chi connectivity index (χ0n) is 9.43. The van der Waals surface area contributed by atoms with E-state index in [9.17, 15) is 0 Å². The predicted molar refractivity (Wildman–Crippen MR) is 57.7 cm³/mol. The molecule has 1 rings (SSSR count). The van der Waals surface area contributed by atoms with E-state index < -0.39 is 0 Å². The molecule has 0 heterocycles. The summed E-state index contributed by atoms with van der Waals surface area (Å²) in [6, 6.07) is 1.39. The highest BCUT2D eigenvalue weighted by Crippen LogP contribution is 2.37. The zero-order chi connectivity index (χ0) is 10.1. The van der Waals surface area contributed by atoms with Crippen LogP contribution in [0.2, 0.25) is 0 Å².